The maximum atomic E-state index is 8.65. The Labute approximate surface area is 86.2 Å². The summed E-state index contributed by atoms with van der Waals surface area (Å²) in [6.07, 6.45) is 4.82. The van der Waals surface area contributed by atoms with Gasteiger partial charge >= 0.3 is 7.12 Å². The van der Waals surface area contributed by atoms with Crippen LogP contribution in [0, 0.1) is 0 Å². The summed E-state index contributed by atoms with van der Waals surface area (Å²) in [6, 6.07) is 1.23. The van der Waals surface area contributed by atoms with Crippen LogP contribution in [-0.2, 0) is 0 Å². The Morgan fingerprint density at radius 3 is 2.79 bits per heavy atom. The molecule has 0 aromatic heterocycles. The van der Waals surface area contributed by atoms with Crippen molar-refractivity contribution in [3.8, 4) is 0 Å². The van der Waals surface area contributed by atoms with Gasteiger partial charge in [-0.05, 0) is 26.2 Å². The van der Waals surface area contributed by atoms with Crippen molar-refractivity contribution in [1.29, 1.82) is 0 Å². The fraction of sp³-hybridized carbons (Fsp3) is 1.00. The molecule has 1 heterocycles. The summed E-state index contributed by atoms with van der Waals surface area (Å²) in [4.78, 5) is 0. The van der Waals surface area contributed by atoms with Crippen LogP contribution in [0.2, 0.25) is 6.32 Å². The lowest BCUT2D eigenvalue weighted by atomic mass is 9.83. The molecule has 1 rings (SSSR count). The SMILES string of the molecule is CNC1CNC(CCCCB(O)O)C1. The van der Waals surface area contributed by atoms with Crippen LogP contribution in [0.1, 0.15) is 25.7 Å². The predicted molar refractivity (Wildman–Crippen MR) is 58.1 cm³/mol. The van der Waals surface area contributed by atoms with Gasteiger partial charge in [0.05, 0.1) is 0 Å². The quantitative estimate of drug-likeness (QED) is 0.347. The van der Waals surface area contributed by atoms with Crippen LogP contribution >= 0.6 is 0 Å². The van der Waals surface area contributed by atoms with Crippen molar-refractivity contribution in [2.24, 2.45) is 0 Å². The minimum atomic E-state index is -1.13. The highest BCUT2D eigenvalue weighted by Gasteiger charge is 2.21. The Balaban J connectivity index is 1.97. The molecular formula is C9H21BN2O2. The van der Waals surface area contributed by atoms with Gasteiger partial charge in [0.15, 0.2) is 0 Å². The third-order valence-electron chi connectivity index (χ3n) is 2.90. The third kappa shape index (κ3) is 4.42. The van der Waals surface area contributed by atoms with Gasteiger partial charge in [-0.25, -0.2) is 0 Å². The second-order valence-electron chi connectivity index (χ2n) is 4.09. The largest absolute Gasteiger partial charge is 0.451 e. The van der Waals surface area contributed by atoms with Crippen molar-refractivity contribution in [3.63, 3.8) is 0 Å². The monoisotopic (exact) mass is 200 g/mol. The van der Waals surface area contributed by atoms with E-state index in [1.54, 1.807) is 0 Å². The summed E-state index contributed by atoms with van der Waals surface area (Å²) < 4.78 is 0. The van der Waals surface area contributed by atoms with Crippen molar-refractivity contribution >= 4 is 7.12 Å². The van der Waals surface area contributed by atoms with E-state index < -0.39 is 7.12 Å². The molecule has 0 radical (unpaired) electrons. The van der Waals surface area contributed by atoms with Gasteiger partial charge in [0.25, 0.3) is 0 Å². The average Bonchev–Trinajstić information content (AvgIpc) is 2.60. The number of likely N-dealkylation sites (N-methyl/N-ethyl adjacent to an activating group) is 1. The number of hydrogen-bond acceptors (Lipinski definition) is 4. The van der Waals surface area contributed by atoms with E-state index in [0.717, 1.165) is 25.8 Å². The molecule has 0 bridgehead atoms. The van der Waals surface area contributed by atoms with E-state index in [1.165, 1.54) is 6.42 Å². The molecular weight excluding hydrogens is 179 g/mol. The molecule has 1 aliphatic rings. The van der Waals surface area contributed by atoms with Crippen LogP contribution in [0.25, 0.3) is 0 Å². The van der Waals surface area contributed by atoms with E-state index in [1.807, 2.05) is 7.05 Å². The summed E-state index contributed by atoms with van der Waals surface area (Å²) >= 11 is 0. The van der Waals surface area contributed by atoms with Crippen molar-refractivity contribution in [2.45, 2.75) is 44.1 Å². The van der Waals surface area contributed by atoms with Gasteiger partial charge in [-0.1, -0.05) is 12.8 Å². The molecule has 2 unspecified atom stereocenters. The summed E-state index contributed by atoms with van der Waals surface area (Å²) in [5, 5.41) is 24.0. The van der Waals surface area contributed by atoms with Crippen LogP contribution < -0.4 is 10.6 Å². The standard InChI is InChI=1S/C9H21BN2O2/c1-11-9-6-8(12-7-9)4-2-3-5-10(13)14/h8-9,11-14H,2-7H2,1H3. The molecule has 0 spiro atoms. The van der Waals surface area contributed by atoms with Crippen molar-refractivity contribution < 1.29 is 10.0 Å². The lowest BCUT2D eigenvalue weighted by Crippen LogP contribution is -2.26. The molecule has 0 aromatic rings. The lowest BCUT2D eigenvalue weighted by molar-refractivity contribution is 0.400. The Morgan fingerprint density at radius 1 is 1.43 bits per heavy atom. The number of nitrogens with one attached hydrogen (secondary N) is 2. The van der Waals surface area contributed by atoms with E-state index in [9.17, 15) is 0 Å². The maximum Gasteiger partial charge on any atom is 0.451 e. The Hall–Kier alpha value is -0.0951. The molecule has 0 aromatic carbocycles. The summed E-state index contributed by atoms with van der Waals surface area (Å²) in [7, 11) is 0.869. The average molecular weight is 200 g/mol. The third-order valence-corrected chi connectivity index (χ3v) is 2.90. The van der Waals surface area contributed by atoms with Crippen molar-refractivity contribution in [3.05, 3.63) is 0 Å². The van der Waals surface area contributed by atoms with Crippen molar-refractivity contribution in [1.82, 2.24) is 10.6 Å². The molecule has 0 aliphatic carbocycles. The van der Waals surface area contributed by atoms with Gasteiger partial charge in [-0.15, -0.1) is 0 Å². The van der Waals surface area contributed by atoms with Crippen LogP contribution in [0.5, 0.6) is 0 Å². The summed E-state index contributed by atoms with van der Waals surface area (Å²) in [5.74, 6) is 0. The number of hydrogen-bond donors (Lipinski definition) is 4. The molecule has 82 valence electrons. The smallest absolute Gasteiger partial charge is 0.427 e. The Bertz CT molecular complexity index is 158. The molecule has 1 saturated heterocycles. The van der Waals surface area contributed by atoms with Crippen LogP contribution in [-0.4, -0.2) is 42.8 Å². The van der Waals surface area contributed by atoms with Crippen molar-refractivity contribution in [2.75, 3.05) is 13.6 Å². The minimum absolute atomic E-state index is 0.502. The Kier molecular flexibility index (Phi) is 5.48. The highest BCUT2D eigenvalue weighted by Crippen LogP contribution is 2.13. The molecule has 0 amide bonds. The molecule has 2 atom stereocenters. The normalized spacial score (nSPS) is 26.8. The van der Waals surface area contributed by atoms with E-state index in [2.05, 4.69) is 10.6 Å². The topological polar surface area (TPSA) is 64.5 Å². The van der Waals surface area contributed by atoms with Gasteiger partial charge in [0.2, 0.25) is 0 Å². The first kappa shape index (κ1) is 12.0. The molecule has 1 aliphatic heterocycles. The van der Waals surface area contributed by atoms with E-state index in [0.29, 0.717) is 18.4 Å². The molecule has 0 saturated carbocycles. The lowest BCUT2D eigenvalue weighted by Gasteiger charge is -2.09. The first-order chi connectivity index (χ1) is 6.72. The second kappa shape index (κ2) is 6.40. The van der Waals surface area contributed by atoms with E-state index in [-0.39, 0.29) is 0 Å². The highest BCUT2D eigenvalue weighted by molar-refractivity contribution is 6.40. The van der Waals surface area contributed by atoms with Gasteiger partial charge in [0, 0.05) is 18.6 Å². The molecule has 1 fully saturated rings. The van der Waals surface area contributed by atoms with E-state index in [4.69, 9.17) is 10.0 Å². The van der Waals surface area contributed by atoms with Gasteiger partial charge in [-0.3, -0.25) is 0 Å². The van der Waals surface area contributed by atoms with E-state index >= 15 is 0 Å². The molecule has 14 heavy (non-hydrogen) atoms. The summed E-state index contributed by atoms with van der Waals surface area (Å²) in [5.41, 5.74) is 0. The summed E-state index contributed by atoms with van der Waals surface area (Å²) in [6.45, 7) is 1.06. The number of unbranched alkanes of at least 4 members (excludes halogenated alkanes) is 1. The molecule has 4 nitrogen and oxygen atoms in total. The number of rotatable bonds is 6. The van der Waals surface area contributed by atoms with Crippen LogP contribution in [0.4, 0.5) is 0 Å². The van der Waals surface area contributed by atoms with Crippen LogP contribution in [0.15, 0.2) is 0 Å². The predicted octanol–water partition coefficient (Wildman–Crippen LogP) is -0.421. The zero-order valence-corrected chi connectivity index (χ0v) is 8.87. The fourth-order valence-electron chi connectivity index (χ4n) is 1.98. The zero-order valence-electron chi connectivity index (χ0n) is 8.87. The second-order valence-corrected chi connectivity index (χ2v) is 4.09. The first-order valence-electron chi connectivity index (χ1n) is 5.49. The highest BCUT2D eigenvalue weighted by atomic mass is 16.4. The van der Waals surface area contributed by atoms with Crippen LogP contribution in [0.3, 0.4) is 0 Å². The first-order valence-corrected chi connectivity index (χ1v) is 5.49. The maximum absolute atomic E-state index is 8.65. The molecule has 5 heteroatoms. The molecule has 4 N–H and O–H groups in total. The van der Waals surface area contributed by atoms with Gasteiger partial charge < -0.3 is 20.7 Å². The zero-order chi connectivity index (χ0) is 10.4. The van der Waals surface area contributed by atoms with Gasteiger partial charge in [-0.2, -0.15) is 0 Å². The fourth-order valence-corrected chi connectivity index (χ4v) is 1.98. The Morgan fingerprint density at radius 2 is 2.21 bits per heavy atom. The minimum Gasteiger partial charge on any atom is -0.427 e. The van der Waals surface area contributed by atoms with Gasteiger partial charge in [0.1, 0.15) is 0 Å².